The van der Waals surface area contributed by atoms with Crippen LogP contribution in [0, 0.1) is 6.92 Å². The standard InChI is InChI=1S/C27H21BrCl2N2O5/c1-3-36-24-12-16(4-9-23(24)37-14-17-5-6-18(29)13-22(17)30)11-20-25(33)31-27(35)32(26(20)34)19-7-8-21(28)15(2)10-19/h4-13H,3,14H2,1-2H3,(H,31,33,35)/b20-11+. The number of rotatable bonds is 7. The highest BCUT2D eigenvalue weighted by atomic mass is 79.9. The topological polar surface area (TPSA) is 84.9 Å². The largest absolute Gasteiger partial charge is 0.490 e. The molecule has 1 heterocycles. The second kappa shape index (κ2) is 11.4. The number of hydrogen-bond donors (Lipinski definition) is 1. The number of hydrogen-bond acceptors (Lipinski definition) is 5. The highest BCUT2D eigenvalue weighted by molar-refractivity contribution is 9.10. The van der Waals surface area contributed by atoms with Gasteiger partial charge in [0.05, 0.1) is 12.3 Å². The van der Waals surface area contributed by atoms with Gasteiger partial charge in [0.1, 0.15) is 12.2 Å². The molecule has 0 bridgehead atoms. The molecule has 1 saturated heterocycles. The van der Waals surface area contributed by atoms with Crippen molar-refractivity contribution in [3.05, 3.63) is 91.4 Å². The highest BCUT2D eigenvalue weighted by Gasteiger charge is 2.37. The van der Waals surface area contributed by atoms with Crippen LogP contribution in [0.15, 0.2) is 64.6 Å². The van der Waals surface area contributed by atoms with Gasteiger partial charge in [0.15, 0.2) is 11.5 Å². The smallest absolute Gasteiger partial charge is 0.335 e. The number of nitrogens with zero attached hydrogens (tertiary/aromatic N) is 1. The molecule has 37 heavy (non-hydrogen) atoms. The number of carbonyl (C=O) groups excluding carboxylic acids is 3. The van der Waals surface area contributed by atoms with Gasteiger partial charge in [-0.3, -0.25) is 14.9 Å². The van der Waals surface area contributed by atoms with E-state index in [9.17, 15) is 14.4 Å². The fraction of sp³-hybridized carbons (Fsp3) is 0.148. The summed E-state index contributed by atoms with van der Waals surface area (Å²) in [6.45, 7) is 4.21. The molecule has 0 radical (unpaired) electrons. The van der Waals surface area contributed by atoms with Gasteiger partial charge in [-0.1, -0.05) is 51.3 Å². The van der Waals surface area contributed by atoms with Crippen molar-refractivity contribution in [2.75, 3.05) is 11.5 Å². The average Bonchev–Trinajstić information content (AvgIpc) is 2.84. The number of amides is 4. The molecular formula is C27H21BrCl2N2O5. The molecule has 0 aliphatic carbocycles. The van der Waals surface area contributed by atoms with Crippen molar-refractivity contribution in [1.29, 1.82) is 0 Å². The van der Waals surface area contributed by atoms with Gasteiger partial charge in [0.25, 0.3) is 11.8 Å². The maximum absolute atomic E-state index is 13.2. The van der Waals surface area contributed by atoms with Crippen LogP contribution in [0.5, 0.6) is 11.5 Å². The predicted octanol–water partition coefficient (Wildman–Crippen LogP) is 6.71. The minimum Gasteiger partial charge on any atom is -0.490 e. The molecule has 1 fully saturated rings. The van der Waals surface area contributed by atoms with Crippen LogP contribution in [0.25, 0.3) is 6.08 Å². The summed E-state index contributed by atoms with van der Waals surface area (Å²) >= 11 is 15.6. The monoisotopic (exact) mass is 602 g/mol. The van der Waals surface area contributed by atoms with Crippen molar-refractivity contribution in [1.82, 2.24) is 5.32 Å². The van der Waals surface area contributed by atoms with E-state index in [1.165, 1.54) is 6.08 Å². The number of nitrogens with one attached hydrogen (secondary N) is 1. The molecule has 0 atom stereocenters. The van der Waals surface area contributed by atoms with Crippen LogP contribution in [0.4, 0.5) is 10.5 Å². The Morgan fingerprint density at radius 1 is 0.973 bits per heavy atom. The second-order valence-electron chi connectivity index (χ2n) is 8.05. The molecule has 0 aromatic heterocycles. The Balaban J connectivity index is 1.62. The van der Waals surface area contributed by atoms with Crippen LogP contribution in [-0.4, -0.2) is 24.5 Å². The summed E-state index contributed by atoms with van der Waals surface area (Å²) in [5.74, 6) is -0.638. The van der Waals surface area contributed by atoms with Crippen molar-refractivity contribution >= 4 is 68.7 Å². The summed E-state index contributed by atoms with van der Waals surface area (Å²) in [6.07, 6.45) is 1.41. The van der Waals surface area contributed by atoms with E-state index < -0.39 is 17.8 Å². The van der Waals surface area contributed by atoms with Crippen LogP contribution in [-0.2, 0) is 16.2 Å². The SMILES string of the molecule is CCOc1cc(/C=C2\C(=O)NC(=O)N(c3ccc(Br)c(C)c3)C2=O)ccc1OCc1ccc(Cl)cc1Cl. The minimum absolute atomic E-state index is 0.182. The molecule has 4 rings (SSSR count). The number of aryl methyl sites for hydroxylation is 1. The zero-order valence-corrected chi connectivity index (χ0v) is 22.9. The zero-order valence-electron chi connectivity index (χ0n) is 19.8. The maximum atomic E-state index is 13.2. The highest BCUT2D eigenvalue weighted by Crippen LogP contribution is 2.32. The fourth-order valence-electron chi connectivity index (χ4n) is 3.62. The number of ether oxygens (including phenoxy) is 2. The first-order valence-corrected chi connectivity index (χ1v) is 12.7. The first-order valence-electron chi connectivity index (χ1n) is 11.2. The molecule has 4 amide bonds. The van der Waals surface area contributed by atoms with E-state index in [0.29, 0.717) is 39.4 Å². The van der Waals surface area contributed by atoms with E-state index in [4.69, 9.17) is 32.7 Å². The van der Waals surface area contributed by atoms with Gasteiger partial charge in [-0.05, 0) is 73.5 Å². The summed E-state index contributed by atoms with van der Waals surface area (Å²) in [7, 11) is 0. The Kier molecular flexibility index (Phi) is 8.22. The Morgan fingerprint density at radius 2 is 1.76 bits per heavy atom. The number of imide groups is 2. The van der Waals surface area contributed by atoms with Crippen LogP contribution in [0.2, 0.25) is 10.0 Å². The lowest BCUT2D eigenvalue weighted by atomic mass is 10.1. The number of benzene rings is 3. The van der Waals surface area contributed by atoms with E-state index in [-0.39, 0.29) is 12.2 Å². The van der Waals surface area contributed by atoms with E-state index in [2.05, 4.69) is 21.2 Å². The Labute approximate surface area is 232 Å². The number of anilines is 1. The first-order chi connectivity index (χ1) is 17.7. The maximum Gasteiger partial charge on any atom is 0.335 e. The van der Waals surface area contributed by atoms with Gasteiger partial charge in [-0.2, -0.15) is 0 Å². The summed E-state index contributed by atoms with van der Waals surface area (Å²) in [5.41, 5.74) is 2.25. The lowest BCUT2D eigenvalue weighted by Crippen LogP contribution is -2.54. The molecule has 1 N–H and O–H groups in total. The van der Waals surface area contributed by atoms with Crippen LogP contribution < -0.4 is 19.7 Å². The van der Waals surface area contributed by atoms with Gasteiger partial charge in [0.2, 0.25) is 0 Å². The number of halogens is 3. The van der Waals surface area contributed by atoms with Gasteiger partial charge in [-0.15, -0.1) is 0 Å². The van der Waals surface area contributed by atoms with E-state index in [0.717, 1.165) is 20.5 Å². The molecule has 0 spiro atoms. The lowest BCUT2D eigenvalue weighted by Gasteiger charge is -2.26. The molecular weight excluding hydrogens is 583 g/mol. The third kappa shape index (κ3) is 5.98. The van der Waals surface area contributed by atoms with Crippen molar-refractivity contribution in [3.63, 3.8) is 0 Å². The quantitative estimate of drug-likeness (QED) is 0.240. The van der Waals surface area contributed by atoms with Crippen molar-refractivity contribution < 1.29 is 23.9 Å². The van der Waals surface area contributed by atoms with Crippen molar-refractivity contribution in [3.8, 4) is 11.5 Å². The van der Waals surface area contributed by atoms with Crippen LogP contribution in [0.3, 0.4) is 0 Å². The summed E-state index contributed by atoms with van der Waals surface area (Å²) in [4.78, 5) is 39.2. The van der Waals surface area contributed by atoms with Crippen molar-refractivity contribution in [2.24, 2.45) is 0 Å². The number of barbiturate groups is 1. The second-order valence-corrected chi connectivity index (χ2v) is 9.75. The summed E-state index contributed by atoms with van der Waals surface area (Å²) < 4.78 is 12.5. The Bertz CT molecular complexity index is 1440. The van der Waals surface area contributed by atoms with Gasteiger partial charge < -0.3 is 9.47 Å². The molecule has 190 valence electrons. The van der Waals surface area contributed by atoms with Gasteiger partial charge in [-0.25, -0.2) is 9.69 Å². The average molecular weight is 604 g/mol. The molecule has 3 aromatic carbocycles. The normalized spacial score (nSPS) is 14.7. The van der Waals surface area contributed by atoms with Gasteiger partial charge >= 0.3 is 6.03 Å². The molecule has 3 aromatic rings. The number of urea groups is 1. The minimum atomic E-state index is -0.812. The van der Waals surface area contributed by atoms with Crippen LogP contribution >= 0.6 is 39.1 Å². The molecule has 7 nitrogen and oxygen atoms in total. The molecule has 0 unspecified atom stereocenters. The summed E-state index contributed by atoms with van der Waals surface area (Å²) in [6, 6.07) is 14.4. The van der Waals surface area contributed by atoms with E-state index >= 15 is 0 Å². The van der Waals surface area contributed by atoms with Crippen LogP contribution in [0.1, 0.15) is 23.6 Å². The first kappa shape index (κ1) is 26.7. The lowest BCUT2D eigenvalue weighted by molar-refractivity contribution is -0.122. The molecule has 1 aliphatic rings. The van der Waals surface area contributed by atoms with Crippen molar-refractivity contribution in [2.45, 2.75) is 20.5 Å². The Morgan fingerprint density at radius 3 is 2.46 bits per heavy atom. The van der Waals surface area contributed by atoms with E-state index in [1.54, 1.807) is 54.6 Å². The Hall–Kier alpha value is -3.33. The zero-order chi connectivity index (χ0) is 26.7. The van der Waals surface area contributed by atoms with Gasteiger partial charge in [0, 0.05) is 20.1 Å². The molecule has 10 heteroatoms. The fourth-order valence-corrected chi connectivity index (χ4v) is 4.33. The number of carbonyl (C=O) groups is 3. The predicted molar refractivity (Wildman–Crippen MR) is 146 cm³/mol. The molecule has 1 aliphatic heterocycles. The third-order valence-corrected chi connectivity index (χ3v) is 6.96. The third-order valence-electron chi connectivity index (χ3n) is 5.48. The van der Waals surface area contributed by atoms with E-state index in [1.807, 2.05) is 13.8 Å². The molecule has 0 saturated carbocycles. The summed E-state index contributed by atoms with van der Waals surface area (Å²) in [5, 5.41) is 3.24.